The van der Waals surface area contributed by atoms with Crippen molar-refractivity contribution < 1.29 is 9.90 Å². The zero-order chi connectivity index (χ0) is 9.42. The summed E-state index contributed by atoms with van der Waals surface area (Å²) < 4.78 is 0. The fraction of sp³-hybridized carbons (Fsp3) is 0. The zero-order valence-corrected chi connectivity index (χ0v) is 7.04. The van der Waals surface area contributed by atoms with Gasteiger partial charge in [-0.05, 0) is 12.1 Å². The van der Waals surface area contributed by atoms with Gasteiger partial charge in [-0.1, -0.05) is 11.6 Å². The lowest BCUT2D eigenvalue weighted by molar-refractivity contribution is 0.0692. The van der Waals surface area contributed by atoms with Crippen molar-refractivity contribution in [2.24, 2.45) is 0 Å². The number of H-pyrrole nitrogens is 1. The summed E-state index contributed by atoms with van der Waals surface area (Å²) in [5.41, 5.74) is 0.337. The number of fused-ring (bicyclic) bond motifs is 1. The molecule has 0 unspecified atom stereocenters. The van der Waals surface area contributed by atoms with Crippen LogP contribution in [-0.2, 0) is 0 Å². The summed E-state index contributed by atoms with van der Waals surface area (Å²) >= 11 is 5.60. The lowest BCUT2D eigenvalue weighted by atomic mass is 10.3. The second-order valence-electron chi connectivity index (χ2n) is 2.41. The topological polar surface area (TPSA) is 78.9 Å². The van der Waals surface area contributed by atoms with Crippen LogP contribution in [0.3, 0.4) is 0 Å². The van der Waals surface area contributed by atoms with Gasteiger partial charge >= 0.3 is 5.97 Å². The molecule has 2 rings (SSSR count). The van der Waals surface area contributed by atoms with E-state index in [9.17, 15) is 4.79 Å². The van der Waals surface area contributed by atoms with Crippen molar-refractivity contribution in [3.8, 4) is 0 Å². The molecule has 13 heavy (non-hydrogen) atoms. The first-order chi connectivity index (χ1) is 6.18. The van der Waals surface area contributed by atoms with Crippen LogP contribution < -0.4 is 0 Å². The molecule has 2 aromatic rings. The Morgan fingerprint density at radius 3 is 3.00 bits per heavy atom. The Labute approximate surface area is 77.4 Å². The van der Waals surface area contributed by atoms with Gasteiger partial charge in [0, 0.05) is 0 Å². The van der Waals surface area contributed by atoms with E-state index >= 15 is 0 Å². The monoisotopic (exact) mass is 197 g/mol. The fourth-order valence-corrected chi connectivity index (χ4v) is 1.18. The van der Waals surface area contributed by atoms with Crippen LogP contribution in [-0.4, -0.2) is 26.3 Å². The summed E-state index contributed by atoms with van der Waals surface area (Å²) in [5, 5.41) is 15.5. The molecular weight excluding hydrogens is 194 g/mol. The van der Waals surface area contributed by atoms with Crippen LogP contribution in [0.25, 0.3) is 11.0 Å². The molecule has 0 radical (unpaired) electrons. The number of aromatic amines is 1. The molecule has 0 aromatic carbocycles. The van der Waals surface area contributed by atoms with Gasteiger partial charge in [-0.25, -0.2) is 9.78 Å². The molecule has 0 saturated heterocycles. The molecule has 2 heterocycles. The van der Waals surface area contributed by atoms with Crippen molar-refractivity contribution >= 4 is 28.6 Å². The first-order valence-electron chi connectivity index (χ1n) is 3.42. The first-order valence-corrected chi connectivity index (χ1v) is 3.80. The second-order valence-corrected chi connectivity index (χ2v) is 2.80. The standard InChI is InChI=1S/C7H4ClN3O2/c8-4-2-1-3-5(7(12)13)10-11-6(3)9-4/h1-2H,(H,12,13)(H,9,10,11). The van der Waals surface area contributed by atoms with E-state index in [0.717, 1.165) is 0 Å². The Balaban J connectivity index is 2.76. The minimum atomic E-state index is -1.06. The number of carboxylic acid groups (broad SMARTS) is 1. The van der Waals surface area contributed by atoms with Gasteiger partial charge in [-0.2, -0.15) is 5.10 Å². The molecule has 0 fully saturated rings. The highest BCUT2D eigenvalue weighted by Crippen LogP contribution is 2.16. The van der Waals surface area contributed by atoms with Crippen LogP contribution in [0.15, 0.2) is 12.1 Å². The number of nitrogens with zero attached hydrogens (tertiary/aromatic N) is 2. The van der Waals surface area contributed by atoms with E-state index in [0.29, 0.717) is 11.0 Å². The summed E-state index contributed by atoms with van der Waals surface area (Å²) in [4.78, 5) is 14.5. The maximum atomic E-state index is 10.6. The number of pyridine rings is 1. The molecule has 0 aliphatic rings. The third-order valence-corrected chi connectivity index (χ3v) is 1.81. The van der Waals surface area contributed by atoms with E-state index in [2.05, 4.69) is 15.2 Å². The van der Waals surface area contributed by atoms with Crippen LogP contribution in [0.5, 0.6) is 0 Å². The highest BCUT2D eigenvalue weighted by molar-refractivity contribution is 6.29. The van der Waals surface area contributed by atoms with Gasteiger partial charge < -0.3 is 5.11 Å². The van der Waals surface area contributed by atoms with Crippen LogP contribution in [0, 0.1) is 0 Å². The Bertz CT molecular complexity index is 480. The number of carboxylic acids is 1. The summed E-state index contributed by atoms with van der Waals surface area (Å²) in [6.07, 6.45) is 0. The van der Waals surface area contributed by atoms with Crippen LogP contribution in [0.2, 0.25) is 5.15 Å². The number of aromatic carboxylic acids is 1. The Kier molecular flexibility index (Phi) is 1.66. The number of hydrogen-bond acceptors (Lipinski definition) is 3. The number of carbonyl (C=O) groups is 1. The van der Waals surface area contributed by atoms with Crippen molar-refractivity contribution in [1.29, 1.82) is 0 Å². The van der Waals surface area contributed by atoms with Gasteiger partial charge in [-0.15, -0.1) is 0 Å². The predicted molar refractivity (Wildman–Crippen MR) is 45.9 cm³/mol. The largest absolute Gasteiger partial charge is 0.477 e. The maximum absolute atomic E-state index is 10.6. The highest BCUT2D eigenvalue weighted by atomic mass is 35.5. The molecular formula is C7H4ClN3O2. The van der Waals surface area contributed by atoms with Gasteiger partial charge in [0.2, 0.25) is 0 Å². The third kappa shape index (κ3) is 1.23. The molecule has 0 amide bonds. The lowest BCUT2D eigenvalue weighted by Crippen LogP contribution is -1.96. The molecule has 6 heteroatoms. The average Bonchev–Trinajstić information content (AvgIpc) is 2.46. The number of nitrogens with one attached hydrogen (secondary N) is 1. The summed E-state index contributed by atoms with van der Waals surface area (Å²) in [7, 11) is 0. The molecule has 0 saturated carbocycles. The molecule has 66 valence electrons. The highest BCUT2D eigenvalue weighted by Gasteiger charge is 2.12. The van der Waals surface area contributed by atoms with Gasteiger partial charge in [0.25, 0.3) is 0 Å². The van der Waals surface area contributed by atoms with Crippen molar-refractivity contribution in [2.45, 2.75) is 0 Å². The number of hydrogen-bond donors (Lipinski definition) is 2. The van der Waals surface area contributed by atoms with E-state index in [1.807, 2.05) is 0 Å². The second kappa shape index (κ2) is 2.70. The Hall–Kier alpha value is -1.62. The molecule has 0 atom stereocenters. The smallest absolute Gasteiger partial charge is 0.354 e. The molecule has 5 nitrogen and oxygen atoms in total. The first kappa shape index (κ1) is 8.00. The average molecular weight is 198 g/mol. The van der Waals surface area contributed by atoms with Crippen LogP contribution >= 0.6 is 11.6 Å². The molecule has 0 aliphatic heterocycles. The molecule has 0 spiro atoms. The molecule has 0 bridgehead atoms. The molecule has 2 N–H and O–H groups in total. The summed E-state index contributed by atoms with van der Waals surface area (Å²) in [6.45, 7) is 0. The van der Waals surface area contributed by atoms with E-state index in [1.165, 1.54) is 6.07 Å². The predicted octanol–water partition coefficient (Wildman–Crippen LogP) is 1.31. The van der Waals surface area contributed by atoms with E-state index in [-0.39, 0.29) is 10.8 Å². The van der Waals surface area contributed by atoms with E-state index < -0.39 is 5.97 Å². The van der Waals surface area contributed by atoms with Crippen molar-refractivity contribution in [1.82, 2.24) is 15.2 Å². The van der Waals surface area contributed by atoms with Gasteiger partial charge in [0.05, 0.1) is 5.39 Å². The molecule has 2 aromatic heterocycles. The third-order valence-electron chi connectivity index (χ3n) is 1.60. The SMILES string of the molecule is O=C(O)c1[nH]nc2nc(Cl)ccc12. The number of rotatable bonds is 1. The van der Waals surface area contributed by atoms with Crippen molar-refractivity contribution in [2.75, 3.05) is 0 Å². The number of halogens is 1. The minimum absolute atomic E-state index is 0.0270. The van der Waals surface area contributed by atoms with Crippen molar-refractivity contribution in [3.63, 3.8) is 0 Å². The summed E-state index contributed by atoms with van der Waals surface area (Å²) in [5.74, 6) is -1.06. The molecule has 0 aliphatic carbocycles. The normalized spacial score (nSPS) is 10.5. The van der Waals surface area contributed by atoms with Crippen LogP contribution in [0.4, 0.5) is 0 Å². The lowest BCUT2D eigenvalue weighted by Gasteiger charge is -1.89. The zero-order valence-electron chi connectivity index (χ0n) is 6.28. The fourth-order valence-electron chi connectivity index (χ4n) is 1.04. The van der Waals surface area contributed by atoms with E-state index in [4.69, 9.17) is 16.7 Å². The quantitative estimate of drug-likeness (QED) is 0.676. The van der Waals surface area contributed by atoms with Gasteiger partial charge in [0.15, 0.2) is 11.3 Å². The van der Waals surface area contributed by atoms with Crippen molar-refractivity contribution in [3.05, 3.63) is 23.0 Å². The summed E-state index contributed by atoms with van der Waals surface area (Å²) in [6, 6.07) is 3.09. The minimum Gasteiger partial charge on any atom is -0.477 e. The van der Waals surface area contributed by atoms with Gasteiger partial charge in [-0.3, -0.25) is 5.10 Å². The Morgan fingerprint density at radius 1 is 1.54 bits per heavy atom. The van der Waals surface area contributed by atoms with Gasteiger partial charge in [0.1, 0.15) is 5.15 Å². The Morgan fingerprint density at radius 2 is 2.31 bits per heavy atom. The maximum Gasteiger partial charge on any atom is 0.354 e. The van der Waals surface area contributed by atoms with Crippen LogP contribution in [0.1, 0.15) is 10.5 Å². The number of aromatic nitrogens is 3. The van der Waals surface area contributed by atoms with E-state index in [1.54, 1.807) is 6.07 Å².